The highest BCUT2D eigenvalue weighted by molar-refractivity contribution is 8.13. The van der Waals surface area contributed by atoms with Crippen LogP contribution in [0, 0.1) is 0 Å². The first-order valence-corrected chi connectivity index (χ1v) is 6.82. The summed E-state index contributed by atoms with van der Waals surface area (Å²) in [6, 6.07) is 20.5. The Kier molecular flexibility index (Phi) is 7.08. The maximum atomic E-state index is 4.27. The Morgan fingerprint density at radius 3 is 2.16 bits per heavy atom. The molecule has 0 saturated carbocycles. The van der Waals surface area contributed by atoms with Crippen LogP contribution >= 0.6 is 24.2 Å². The van der Waals surface area contributed by atoms with Crippen molar-refractivity contribution in [3.05, 3.63) is 66.2 Å². The number of aliphatic imine (C=N–C) groups is 1. The van der Waals surface area contributed by atoms with Crippen LogP contribution in [0.5, 0.6) is 0 Å². The number of halogens is 1. The Bertz CT molecular complexity index is 500. The fourth-order valence-electron chi connectivity index (χ4n) is 1.53. The molecule has 100 valence electrons. The third-order valence-corrected chi connectivity index (χ3v) is 3.48. The molecule has 4 heteroatoms. The number of benzene rings is 2. The number of rotatable bonds is 3. The van der Waals surface area contributed by atoms with Gasteiger partial charge in [0, 0.05) is 18.5 Å². The van der Waals surface area contributed by atoms with E-state index in [-0.39, 0.29) is 12.4 Å². The second kappa shape index (κ2) is 8.62. The first kappa shape index (κ1) is 15.6. The first-order chi connectivity index (χ1) is 8.88. The molecule has 0 aliphatic carbocycles. The van der Waals surface area contributed by atoms with Gasteiger partial charge in [-0.05, 0) is 17.7 Å². The van der Waals surface area contributed by atoms with Crippen LogP contribution in [0.25, 0.3) is 0 Å². The van der Waals surface area contributed by atoms with Crippen molar-refractivity contribution in [1.82, 2.24) is 0 Å². The summed E-state index contributed by atoms with van der Waals surface area (Å²) in [6.07, 6.45) is 0. The predicted octanol–water partition coefficient (Wildman–Crippen LogP) is 4.44. The summed E-state index contributed by atoms with van der Waals surface area (Å²) in [5.74, 6) is 0.924. The molecule has 2 rings (SSSR count). The van der Waals surface area contributed by atoms with Crippen molar-refractivity contribution >= 4 is 35.0 Å². The molecule has 0 amide bonds. The predicted molar refractivity (Wildman–Crippen MR) is 88.4 cm³/mol. The van der Waals surface area contributed by atoms with E-state index in [4.69, 9.17) is 0 Å². The average Bonchev–Trinajstić information content (AvgIpc) is 2.45. The largest absolute Gasteiger partial charge is 0.335 e. The lowest BCUT2D eigenvalue weighted by atomic mass is 10.2. The number of hydrogen-bond donors (Lipinski definition) is 1. The number of amidine groups is 1. The summed E-state index contributed by atoms with van der Waals surface area (Å²) in [6.45, 7) is 0. The number of nitrogens with zero attached hydrogens (tertiary/aromatic N) is 1. The van der Waals surface area contributed by atoms with Crippen LogP contribution in [0.1, 0.15) is 5.56 Å². The van der Waals surface area contributed by atoms with E-state index in [2.05, 4.69) is 34.6 Å². The Labute approximate surface area is 124 Å². The minimum Gasteiger partial charge on any atom is -0.335 e. The maximum Gasteiger partial charge on any atom is 0.161 e. The Morgan fingerprint density at radius 2 is 1.58 bits per heavy atom. The van der Waals surface area contributed by atoms with E-state index < -0.39 is 0 Å². The number of nitrogens with one attached hydrogen (secondary N) is 1. The summed E-state index contributed by atoms with van der Waals surface area (Å²) >= 11 is 1.71. The fourth-order valence-corrected chi connectivity index (χ4v) is 2.34. The van der Waals surface area contributed by atoms with Gasteiger partial charge in [0.05, 0.1) is 0 Å². The SMILES string of the molecule is CN=C(Nc1ccccc1)SCc1ccccc1.Cl. The highest BCUT2D eigenvalue weighted by Crippen LogP contribution is 2.16. The van der Waals surface area contributed by atoms with Crippen LogP contribution in [-0.4, -0.2) is 12.2 Å². The molecule has 2 nitrogen and oxygen atoms in total. The van der Waals surface area contributed by atoms with Crippen molar-refractivity contribution in [2.24, 2.45) is 4.99 Å². The molecule has 0 bridgehead atoms. The molecular formula is C15H17ClN2S. The molecule has 0 saturated heterocycles. The summed E-state index contributed by atoms with van der Waals surface area (Å²) in [4.78, 5) is 4.27. The molecule has 0 aliphatic heterocycles. The van der Waals surface area contributed by atoms with Gasteiger partial charge in [-0.1, -0.05) is 60.3 Å². The summed E-state index contributed by atoms with van der Waals surface area (Å²) in [7, 11) is 1.81. The van der Waals surface area contributed by atoms with E-state index in [0.29, 0.717) is 0 Å². The number of hydrogen-bond acceptors (Lipinski definition) is 2. The molecule has 0 spiro atoms. The standard InChI is InChI=1S/C15H16N2S.ClH/c1-16-15(17-14-10-6-3-7-11-14)18-12-13-8-4-2-5-9-13;/h2-11H,12H2,1H3,(H,16,17);1H. The van der Waals surface area contributed by atoms with Crippen molar-refractivity contribution in [3.8, 4) is 0 Å². The first-order valence-electron chi connectivity index (χ1n) is 5.84. The number of para-hydroxylation sites is 1. The molecule has 0 atom stereocenters. The van der Waals surface area contributed by atoms with Crippen LogP contribution in [0.2, 0.25) is 0 Å². The van der Waals surface area contributed by atoms with Gasteiger partial charge in [0.1, 0.15) is 0 Å². The Morgan fingerprint density at radius 1 is 1.00 bits per heavy atom. The lowest BCUT2D eigenvalue weighted by Crippen LogP contribution is -2.07. The van der Waals surface area contributed by atoms with E-state index in [0.717, 1.165) is 16.6 Å². The monoisotopic (exact) mass is 292 g/mol. The lowest BCUT2D eigenvalue weighted by molar-refractivity contribution is 1.41. The van der Waals surface area contributed by atoms with E-state index in [1.165, 1.54) is 5.56 Å². The van der Waals surface area contributed by atoms with Crippen molar-refractivity contribution in [3.63, 3.8) is 0 Å². The molecule has 2 aromatic rings. The summed E-state index contributed by atoms with van der Waals surface area (Å²) < 4.78 is 0. The summed E-state index contributed by atoms with van der Waals surface area (Å²) in [5, 5.41) is 4.25. The maximum absolute atomic E-state index is 4.27. The number of anilines is 1. The van der Waals surface area contributed by atoms with Gasteiger partial charge in [-0.15, -0.1) is 12.4 Å². The molecule has 0 aromatic heterocycles. The van der Waals surface area contributed by atoms with Gasteiger partial charge in [0.2, 0.25) is 0 Å². The number of thioether (sulfide) groups is 1. The van der Waals surface area contributed by atoms with E-state index in [1.807, 2.05) is 43.4 Å². The molecule has 19 heavy (non-hydrogen) atoms. The van der Waals surface area contributed by atoms with Gasteiger partial charge in [-0.2, -0.15) is 0 Å². The molecule has 0 radical (unpaired) electrons. The zero-order valence-corrected chi connectivity index (χ0v) is 12.4. The van der Waals surface area contributed by atoms with Gasteiger partial charge >= 0.3 is 0 Å². The zero-order chi connectivity index (χ0) is 12.6. The molecule has 0 heterocycles. The minimum absolute atomic E-state index is 0. The Hall–Kier alpha value is -1.45. The zero-order valence-electron chi connectivity index (χ0n) is 10.7. The highest BCUT2D eigenvalue weighted by Gasteiger charge is 2.00. The van der Waals surface area contributed by atoms with Gasteiger partial charge in [-0.3, -0.25) is 4.99 Å². The average molecular weight is 293 g/mol. The molecular weight excluding hydrogens is 276 g/mol. The topological polar surface area (TPSA) is 24.4 Å². The van der Waals surface area contributed by atoms with Gasteiger partial charge < -0.3 is 5.32 Å². The van der Waals surface area contributed by atoms with Gasteiger partial charge in [-0.25, -0.2) is 0 Å². The second-order valence-corrected chi connectivity index (χ2v) is 4.76. The third kappa shape index (κ3) is 5.37. The van der Waals surface area contributed by atoms with Gasteiger partial charge in [0.25, 0.3) is 0 Å². The third-order valence-electron chi connectivity index (χ3n) is 2.45. The molecule has 0 unspecified atom stereocenters. The van der Waals surface area contributed by atoms with Crippen LogP contribution < -0.4 is 5.32 Å². The van der Waals surface area contributed by atoms with Crippen LogP contribution in [0.15, 0.2) is 65.7 Å². The van der Waals surface area contributed by atoms with Crippen LogP contribution in [0.3, 0.4) is 0 Å². The Balaban J connectivity index is 0.00000180. The fraction of sp³-hybridized carbons (Fsp3) is 0.133. The van der Waals surface area contributed by atoms with Crippen molar-refractivity contribution < 1.29 is 0 Å². The van der Waals surface area contributed by atoms with Gasteiger partial charge in [0.15, 0.2) is 5.17 Å². The molecule has 0 aliphatic rings. The minimum atomic E-state index is 0. The van der Waals surface area contributed by atoms with Crippen LogP contribution in [0.4, 0.5) is 5.69 Å². The summed E-state index contributed by atoms with van der Waals surface area (Å²) in [5.41, 5.74) is 2.37. The highest BCUT2D eigenvalue weighted by atomic mass is 35.5. The quantitative estimate of drug-likeness (QED) is 0.668. The van der Waals surface area contributed by atoms with Crippen LogP contribution in [-0.2, 0) is 5.75 Å². The van der Waals surface area contributed by atoms with E-state index in [1.54, 1.807) is 11.8 Å². The molecule has 0 fully saturated rings. The van der Waals surface area contributed by atoms with E-state index >= 15 is 0 Å². The normalized spacial score (nSPS) is 10.7. The van der Waals surface area contributed by atoms with Crippen molar-refractivity contribution in [2.75, 3.05) is 12.4 Å². The molecule has 2 aromatic carbocycles. The van der Waals surface area contributed by atoms with E-state index in [9.17, 15) is 0 Å². The smallest absolute Gasteiger partial charge is 0.161 e. The van der Waals surface area contributed by atoms with Crippen molar-refractivity contribution in [2.45, 2.75) is 5.75 Å². The molecule has 1 N–H and O–H groups in total. The second-order valence-electron chi connectivity index (χ2n) is 3.79. The van der Waals surface area contributed by atoms with Crippen molar-refractivity contribution in [1.29, 1.82) is 0 Å². The lowest BCUT2D eigenvalue weighted by Gasteiger charge is -2.08.